The van der Waals surface area contributed by atoms with Crippen LogP contribution in [0.15, 0.2) is 29.0 Å². The van der Waals surface area contributed by atoms with Crippen molar-refractivity contribution in [2.75, 3.05) is 11.9 Å². The van der Waals surface area contributed by atoms with Gasteiger partial charge in [-0.25, -0.2) is 14.8 Å². The number of carbonyl (C=O) groups is 2. The minimum Gasteiger partial charge on any atom is -0.461 e. The number of ether oxygens (including phenoxy) is 1. The Morgan fingerprint density at radius 3 is 2.92 bits per heavy atom. The van der Waals surface area contributed by atoms with Crippen LogP contribution in [0.4, 0.5) is 5.13 Å². The molecule has 1 aromatic carbocycles. The van der Waals surface area contributed by atoms with Crippen LogP contribution in [0.3, 0.4) is 0 Å². The van der Waals surface area contributed by atoms with E-state index in [0.29, 0.717) is 39.0 Å². The first-order valence-corrected chi connectivity index (χ1v) is 8.55. The first-order valence-electron chi connectivity index (χ1n) is 7.73. The van der Waals surface area contributed by atoms with E-state index >= 15 is 0 Å². The normalized spacial score (nSPS) is 11.0. The summed E-state index contributed by atoms with van der Waals surface area (Å²) in [7, 11) is 0. The van der Waals surface area contributed by atoms with Gasteiger partial charge in [0.05, 0.1) is 12.3 Å². The topological polar surface area (TPSA) is 94.3 Å². The number of nitrogens with zero attached hydrogens (tertiary/aromatic N) is 2. The molecular weight excluding hydrogens is 342 g/mol. The maximum atomic E-state index is 12.4. The molecule has 0 saturated heterocycles. The molecule has 0 saturated carbocycles. The molecule has 0 aliphatic rings. The second-order valence-electron chi connectivity index (χ2n) is 5.91. The molecule has 130 valence electrons. The zero-order valence-electron chi connectivity index (χ0n) is 14.0. The van der Waals surface area contributed by atoms with E-state index in [1.165, 1.54) is 6.39 Å². The summed E-state index contributed by atoms with van der Waals surface area (Å²) < 4.78 is 10.4. The fraction of sp³-hybridized carbons (Fsp3) is 0.294. The Balaban J connectivity index is 1.73. The Morgan fingerprint density at radius 2 is 2.16 bits per heavy atom. The van der Waals surface area contributed by atoms with Crippen LogP contribution in [-0.2, 0) is 4.74 Å². The molecule has 0 radical (unpaired) electrons. The molecule has 0 aliphatic carbocycles. The van der Waals surface area contributed by atoms with Gasteiger partial charge < -0.3 is 9.15 Å². The number of esters is 1. The zero-order chi connectivity index (χ0) is 18.0. The van der Waals surface area contributed by atoms with Crippen molar-refractivity contribution in [2.24, 2.45) is 5.92 Å². The molecule has 0 unspecified atom stereocenters. The van der Waals surface area contributed by atoms with Crippen molar-refractivity contribution in [3.8, 4) is 0 Å². The molecular formula is C17H17N3O4S. The van der Waals surface area contributed by atoms with Gasteiger partial charge in [-0.1, -0.05) is 25.2 Å². The van der Waals surface area contributed by atoms with Crippen LogP contribution < -0.4 is 5.32 Å². The van der Waals surface area contributed by atoms with Crippen LogP contribution in [0.5, 0.6) is 0 Å². The van der Waals surface area contributed by atoms with E-state index in [-0.39, 0.29) is 11.8 Å². The van der Waals surface area contributed by atoms with E-state index in [1.807, 2.05) is 13.8 Å². The lowest BCUT2D eigenvalue weighted by Gasteiger charge is -2.05. The summed E-state index contributed by atoms with van der Waals surface area (Å²) in [5.74, 6) is -0.503. The summed E-state index contributed by atoms with van der Waals surface area (Å²) in [6.07, 6.45) is 1.32. The van der Waals surface area contributed by atoms with E-state index in [2.05, 4.69) is 15.3 Å². The van der Waals surface area contributed by atoms with Crippen molar-refractivity contribution in [2.45, 2.75) is 20.8 Å². The van der Waals surface area contributed by atoms with Crippen LogP contribution in [0.25, 0.3) is 11.1 Å². The maximum Gasteiger partial charge on any atom is 0.350 e. The van der Waals surface area contributed by atoms with Crippen LogP contribution in [0, 0.1) is 12.8 Å². The van der Waals surface area contributed by atoms with E-state index in [1.54, 1.807) is 25.1 Å². The number of amides is 1. The Hall–Kier alpha value is -2.74. The third kappa shape index (κ3) is 3.85. The van der Waals surface area contributed by atoms with Gasteiger partial charge in [-0.3, -0.25) is 10.1 Å². The standard InChI is InChI=1S/C17H17N3O4S/c1-9(2)7-23-16(22)14-10(3)19-17(25-14)20-15(21)11-4-5-13-12(6-11)18-8-24-13/h4-6,8-9H,7H2,1-3H3,(H,19,20,21). The highest BCUT2D eigenvalue weighted by molar-refractivity contribution is 7.17. The number of fused-ring (bicyclic) bond motifs is 1. The van der Waals surface area contributed by atoms with Gasteiger partial charge in [-0.2, -0.15) is 0 Å². The Labute approximate surface area is 148 Å². The number of hydrogen-bond donors (Lipinski definition) is 1. The van der Waals surface area contributed by atoms with Gasteiger partial charge >= 0.3 is 5.97 Å². The van der Waals surface area contributed by atoms with Gasteiger partial charge in [0.2, 0.25) is 0 Å². The van der Waals surface area contributed by atoms with Gasteiger partial charge in [0, 0.05) is 5.56 Å². The molecule has 0 bridgehead atoms. The molecule has 25 heavy (non-hydrogen) atoms. The molecule has 8 heteroatoms. The summed E-state index contributed by atoms with van der Waals surface area (Å²) in [4.78, 5) is 33.1. The molecule has 0 atom stereocenters. The monoisotopic (exact) mass is 359 g/mol. The Kier molecular flexibility index (Phi) is 4.80. The average Bonchev–Trinajstić information content (AvgIpc) is 3.18. The highest BCUT2D eigenvalue weighted by Gasteiger charge is 2.19. The van der Waals surface area contributed by atoms with Crippen LogP contribution in [0.2, 0.25) is 0 Å². The van der Waals surface area contributed by atoms with Crippen LogP contribution in [0.1, 0.15) is 39.6 Å². The maximum absolute atomic E-state index is 12.4. The van der Waals surface area contributed by atoms with Crippen molar-refractivity contribution in [1.29, 1.82) is 0 Å². The molecule has 2 aromatic heterocycles. The second-order valence-corrected chi connectivity index (χ2v) is 6.91. The lowest BCUT2D eigenvalue weighted by Crippen LogP contribution is -2.11. The quantitative estimate of drug-likeness (QED) is 0.699. The SMILES string of the molecule is Cc1nc(NC(=O)c2ccc3ocnc3c2)sc1C(=O)OCC(C)C. The molecule has 0 spiro atoms. The van der Waals surface area contributed by atoms with Crippen LogP contribution in [-0.4, -0.2) is 28.5 Å². The number of benzene rings is 1. The van der Waals surface area contributed by atoms with Gasteiger partial charge in [-0.15, -0.1) is 0 Å². The van der Waals surface area contributed by atoms with E-state index in [0.717, 1.165) is 11.3 Å². The largest absolute Gasteiger partial charge is 0.461 e. The second kappa shape index (κ2) is 7.02. The number of anilines is 1. The third-order valence-corrected chi connectivity index (χ3v) is 4.40. The number of aromatic nitrogens is 2. The van der Waals surface area contributed by atoms with Crippen molar-refractivity contribution in [1.82, 2.24) is 9.97 Å². The summed E-state index contributed by atoms with van der Waals surface area (Å²) in [6, 6.07) is 4.95. The smallest absolute Gasteiger partial charge is 0.350 e. The van der Waals surface area contributed by atoms with Crippen molar-refractivity contribution >= 4 is 39.4 Å². The number of hydrogen-bond acceptors (Lipinski definition) is 7. The van der Waals surface area contributed by atoms with Crippen molar-refractivity contribution in [3.63, 3.8) is 0 Å². The van der Waals surface area contributed by atoms with Gasteiger partial charge in [0.1, 0.15) is 10.4 Å². The summed E-state index contributed by atoms with van der Waals surface area (Å²) in [5, 5.41) is 3.04. The predicted octanol–water partition coefficient (Wildman–Crippen LogP) is 3.66. The first kappa shape index (κ1) is 17.1. The van der Waals surface area contributed by atoms with Gasteiger partial charge in [0.25, 0.3) is 5.91 Å². The minimum absolute atomic E-state index is 0.253. The van der Waals surface area contributed by atoms with E-state index < -0.39 is 5.97 Å². The van der Waals surface area contributed by atoms with E-state index in [9.17, 15) is 9.59 Å². The number of aryl methyl sites for hydroxylation is 1. The summed E-state index contributed by atoms with van der Waals surface area (Å²) in [5.41, 5.74) is 2.16. The first-order chi connectivity index (χ1) is 11.9. The highest BCUT2D eigenvalue weighted by atomic mass is 32.1. The lowest BCUT2D eigenvalue weighted by atomic mass is 10.2. The summed E-state index contributed by atoms with van der Waals surface area (Å²) in [6.45, 7) is 5.98. The molecule has 2 heterocycles. The third-order valence-electron chi connectivity index (χ3n) is 3.34. The minimum atomic E-state index is -0.423. The number of carbonyl (C=O) groups excluding carboxylic acids is 2. The van der Waals surface area contributed by atoms with Gasteiger partial charge in [0.15, 0.2) is 17.1 Å². The van der Waals surface area contributed by atoms with E-state index in [4.69, 9.17) is 9.15 Å². The fourth-order valence-electron chi connectivity index (χ4n) is 2.12. The lowest BCUT2D eigenvalue weighted by molar-refractivity contribution is 0.0463. The molecule has 7 nitrogen and oxygen atoms in total. The Morgan fingerprint density at radius 1 is 1.36 bits per heavy atom. The van der Waals surface area contributed by atoms with Crippen molar-refractivity contribution in [3.05, 3.63) is 40.7 Å². The fourth-order valence-corrected chi connectivity index (χ4v) is 2.97. The Bertz CT molecular complexity index is 929. The molecule has 0 aliphatic heterocycles. The van der Waals surface area contributed by atoms with Crippen LogP contribution >= 0.6 is 11.3 Å². The molecule has 0 fully saturated rings. The van der Waals surface area contributed by atoms with Crippen molar-refractivity contribution < 1.29 is 18.7 Å². The number of nitrogens with one attached hydrogen (secondary N) is 1. The molecule has 1 amide bonds. The zero-order valence-corrected chi connectivity index (χ0v) is 14.8. The predicted molar refractivity (Wildman–Crippen MR) is 93.9 cm³/mol. The highest BCUT2D eigenvalue weighted by Crippen LogP contribution is 2.24. The average molecular weight is 359 g/mol. The number of thiazole rings is 1. The summed E-state index contributed by atoms with van der Waals surface area (Å²) >= 11 is 1.10. The number of rotatable bonds is 5. The molecule has 1 N–H and O–H groups in total. The van der Waals surface area contributed by atoms with Gasteiger partial charge in [-0.05, 0) is 31.0 Å². The molecule has 3 rings (SSSR count). The molecule has 3 aromatic rings. The number of oxazole rings is 1.